The number of nitrogens with one attached hydrogen (secondary N) is 1. The predicted molar refractivity (Wildman–Crippen MR) is 99.8 cm³/mol. The van der Waals surface area contributed by atoms with Gasteiger partial charge in [-0.3, -0.25) is 9.78 Å². The minimum atomic E-state index is 0.0207. The Bertz CT molecular complexity index is 775. The average molecular weight is 355 g/mol. The molecule has 0 bridgehead atoms. The first kappa shape index (κ1) is 16.7. The van der Waals surface area contributed by atoms with E-state index in [2.05, 4.69) is 15.3 Å². The summed E-state index contributed by atoms with van der Waals surface area (Å²) in [5.74, 6) is 1.18. The lowest BCUT2D eigenvalue weighted by molar-refractivity contribution is -0.118. The Morgan fingerprint density at radius 3 is 2.75 bits per heavy atom. The maximum absolute atomic E-state index is 11.9. The third-order valence-corrected chi connectivity index (χ3v) is 5.08. The summed E-state index contributed by atoms with van der Waals surface area (Å²) in [6.07, 6.45) is 1.77. The summed E-state index contributed by atoms with van der Waals surface area (Å²) in [6.45, 7) is 0.473. The number of thiazole rings is 1. The highest BCUT2D eigenvalue weighted by atomic mass is 32.2. The molecule has 1 aromatic carbocycles. The van der Waals surface area contributed by atoms with Crippen LogP contribution in [0.2, 0.25) is 0 Å². The van der Waals surface area contributed by atoms with Crippen molar-refractivity contribution in [1.82, 2.24) is 15.3 Å². The number of carbonyl (C=O) groups is 1. The zero-order chi connectivity index (χ0) is 16.6. The molecule has 6 heteroatoms. The van der Waals surface area contributed by atoms with Gasteiger partial charge in [0.25, 0.3) is 0 Å². The van der Waals surface area contributed by atoms with Gasteiger partial charge in [-0.15, -0.1) is 23.1 Å². The van der Waals surface area contributed by atoms with Gasteiger partial charge in [-0.1, -0.05) is 36.4 Å². The molecule has 2 heterocycles. The monoisotopic (exact) mass is 355 g/mol. The molecule has 3 rings (SSSR count). The molecule has 0 saturated heterocycles. The van der Waals surface area contributed by atoms with Crippen molar-refractivity contribution in [1.29, 1.82) is 0 Å². The quantitative estimate of drug-likeness (QED) is 0.701. The molecule has 4 nitrogen and oxygen atoms in total. The van der Waals surface area contributed by atoms with E-state index >= 15 is 0 Å². The molecule has 2 aromatic heterocycles. The number of pyridine rings is 1. The molecule has 0 radical (unpaired) electrons. The van der Waals surface area contributed by atoms with Crippen LogP contribution in [0.15, 0.2) is 60.1 Å². The SMILES string of the molecule is O=C(CSCc1ccccn1)NCc1nc(-c2ccccc2)cs1. The average Bonchev–Trinajstić information content (AvgIpc) is 3.11. The lowest BCUT2D eigenvalue weighted by Gasteiger charge is -2.03. The fourth-order valence-corrected chi connectivity index (χ4v) is 3.60. The van der Waals surface area contributed by atoms with Crippen molar-refractivity contribution in [3.05, 3.63) is 70.8 Å². The first-order chi connectivity index (χ1) is 11.8. The highest BCUT2D eigenvalue weighted by Crippen LogP contribution is 2.21. The van der Waals surface area contributed by atoms with E-state index in [-0.39, 0.29) is 5.91 Å². The van der Waals surface area contributed by atoms with Crippen LogP contribution in [-0.2, 0) is 17.1 Å². The van der Waals surface area contributed by atoms with Crippen molar-refractivity contribution >= 4 is 29.0 Å². The molecule has 0 unspecified atom stereocenters. The lowest BCUT2D eigenvalue weighted by Crippen LogP contribution is -2.24. The first-order valence-corrected chi connectivity index (χ1v) is 9.59. The summed E-state index contributed by atoms with van der Waals surface area (Å²) in [5.41, 5.74) is 3.04. The Morgan fingerprint density at radius 2 is 1.96 bits per heavy atom. The number of benzene rings is 1. The molecule has 122 valence electrons. The van der Waals surface area contributed by atoms with E-state index in [1.807, 2.05) is 53.9 Å². The highest BCUT2D eigenvalue weighted by molar-refractivity contribution is 7.99. The smallest absolute Gasteiger partial charge is 0.230 e. The molecule has 24 heavy (non-hydrogen) atoms. The number of rotatable bonds is 7. The number of nitrogens with zero attached hydrogens (tertiary/aromatic N) is 2. The van der Waals surface area contributed by atoms with Crippen LogP contribution >= 0.6 is 23.1 Å². The van der Waals surface area contributed by atoms with Crippen molar-refractivity contribution in [3.8, 4) is 11.3 Å². The van der Waals surface area contributed by atoms with Gasteiger partial charge in [-0.05, 0) is 12.1 Å². The molecule has 0 saturated carbocycles. The molecular formula is C18H17N3OS2. The third kappa shape index (κ3) is 4.91. The van der Waals surface area contributed by atoms with Crippen LogP contribution in [0.1, 0.15) is 10.7 Å². The minimum Gasteiger partial charge on any atom is -0.349 e. The fraction of sp³-hybridized carbons (Fsp3) is 0.167. The van der Waals surface area contributed by atoms with E-state index in [1.54, 1.807) is 29.3 Å². The summed E-state index contributed by atoms with van der Waals surface area (Å²) in [4.78, 5) is 20.7. The number of thioether (sulfide) groups is 1. The number of carbonyl (C=O) groups excluding carboxylic acids is 1. The van der Waals surface area contributed by atoms with Gasteiger partial charge in [-0.25, -0.2) is 4.98 Å². The Labute approximate surface area is 149 Å². The van der Waals surface area contributed by atoms with Gasteiger partial charge < -0.3 is 5.32 Å². The van der Waals surface area contributed by atoms with Crippen LogP contribution in [0, 0.1) is 0 Å². The Balaban J connectivity index is 1.42. The van der Waals surface area contributed by atoms with Gasteiger partial charge in [-0.2, -0.15) is 0 Å². The molecule has 0 aliphatic rings. The zero-order valence-corrected chi connectivity index (χ0v) is 14.6. The number of aromatic nitrogens is 2. The summed E-state index contributed by atoms with van der Waals surface area (Å²) in [5, 5.41) is 5.85. The second kappa shape index (κ2) is 8.61. The van der Waals surface area contributed by atoms with Crippen molar-refractivity contribution in [2.45, 2.75) is 12.3 Å². The van der Waals surface area contributed by atoms with Crippen molar-refractivity contribution < 1.29 is 4.79 Å². The molecule has 0 aliphatic heterocycles. The summed E-state index contributed by atoms with van der Waals surface area (Å²) >= 11 is 3.12. The molecule has 3 aromatic rings. The fourth-order valence-electron chi connectivity index (χ4n) is 2.09. The van der Waals surface area contributed by atoms with Crippen LogP contribution in [0.4, 0.5) is 0 Å². The van der Waals surface area contributed by atoms with Gasteiger partial charge in [0.1, 0.15) is 5.01 Å². The number of hydrogen-bond acceptors (Lipinski definition) is 5. The van der Waals surface area contributed by atoms with Gasteiger partial charge in [0.05, 0.1) is 23.7 Å². The van der Waals surface area contributed by atoms with E-state index in [1.165, 1.54) is 0 Å². The van der Waals surface area contributed by atoms with Gasteiger partial charge in [0.15, 0.2) is 0 Å². The van der Waals surface area contributed by atoms with Gasteiger partial charge in [0, 0.05) is 22.9 Å². The molecule has 0 spiro atoms. The Morgan fingerprint density at radius 1 is 1.12 bits per heavy atom. The van der Waals surface area contributed by atoms with Crippen LogP contribution < -0.4 is 5.32 Å². The van der Waals surface area contributed by atoms with E-state index in [4.69, 9.17) is 0 Å². The van der Waals surface area contributed by atoms with Crippen LogP contribution in [0.3, 0.4) is 0 Å². The molecule has 1 N–H and O–H groups in total. The first-order valence-electron chi connectivity index (χ1n) is 7.55. The largest absolute Gasteiger partial charge is 0.349 e. The maximum atomic E-state index is 11.9. The van der Waals surface area contributed by atoms with Crippen LogP contribution in [0.25, 0.3) is 11.3 Å². The molecular weight excluding hydrogens is 338 g/mol. The Hall–Kier alpha value is -2.18. The van der Waals surface area contributed by atoms with Crippen molar-refractivity contribution in [3.63, 3.8) is 0 Å². The second-order valence-corrected chi connectivity index (χ2v) is 7.01. The summed E-state index contributed by atoms with van der Waals surface area (Å²) < 4.78 is 0. The molecule has 1 amide bonds. The van der Waals surface area contributed by atoms with E-state index in [0.29, 0.717) is 12.3 Å². The molecule has 0 atom stereocenters. The molecule has 0 aliphatic carbocycles. The van der Waals surface area contributed by atoms with E-state index in [0.717, 1.165) is 27.7 Å². The Kier molecular flexibility index (Phi) is 5.98. The van der Waals surface area contributed by atoms with Gasteiger partial charge >= 0.3 is 0 Å². The third-order valence-electron chi connectivity index (χ3n) is 3.27. The van der Waals surface area contributed by atoms with E-state index in [9.17, 15) is 4.79 Å². The summed E-state index contributed by atoms with van der Waals surface area (Å²) in [6, 6.07) is 15.8. The normalized spacial score (nSPS) is 10.5. The highest BCUT2D eigenvalue weighted by Gasteiger charge is 2.07. The number of amides is 1. The number of hydrogen-bond donors (Lipinski definition) is 1. The molecule has 0 fully saturated rings. The lowest BCUT2D eigenvalue weighted by atomic mass is 10.2. The standard InChI is InChI=1S/C18H17N3OS2/c22-17(13-23-11-15-8-4-5-9-19-15)20-10-18-21-16(12-24-18)14-6-2-1-3-7-14/h1-9,12H,10-11,13H2,(H,20,22). The summed E-state index contributed by atoms with van der Waals surface area (Å²) in [7, 11) is 0. The van der Waals surface area contributed by atoms with Crippen molar-refractivity contribution in [2.75, 3.05) is 5.75 Å². The second-order valence-electron chi connectivity index (χ2n) is 5.08. The minimum absolute atomic E-state index is 0.0207. The van der Waals surface area contributed by atoms with Crippen LogP contribution in [0.5, 0.6) is 0 Å². The predicted octanol–water partition coefficient (Wildman–Crippen LogP) is 3.75. The maximum Gasteiger partial charge on any atom is 0.230 e. The van der Waals surface area contributed by atoms with E-state index < -0.39 is 0 Å². The van der Waals surface area contributed by atoms with Crippen LogP contribution in [-0.4, -0.2) is 21.6 Å². The van der Waals surface area contributed by atoms with Crippen molar-refractivity contribution in [2.24, 2.45) is 0 Å². The van der Waals surface area contributed by atoms with Gasteiger partial charge in [0.2, 0.25) is 5.91 Å². The zero-order valence-electron chi connectivity index (χ0n) is 13.0. The topological polar surface area (TPSA) is 54.9 Å².